The largest absolute Gasteiger partial charge is 0.323 e. The molecule has 0 saturated carbocycles. The third-order valence-corrected chi connectivity index (χ3v) is 5.72. The van der Waals surface area contributed by atoms with E-state index < -0.39 is 5.54 Å². The van der Waals surface area contributed by atoms with Crippen LogP contribution in [0.25, 0.3) is 0 Å². The minimum absolute atomic E-state index is 0.0545. The first-order valence-electron chi connectivity index (χ1n) is 8.85. The fourth-order valence-corrected chi connectivity index (χ4v) is 4.48. The fraction of sp³-hybridized carbons (Fsp3) is 0.600. The maximum absolute atomic E-state index is 13.5. The van der Waals surface area contributed by atoms with Crippen molar-refractivity contribution < 1.29 is 9.59 Å². The number of hydrogen-bond donors (Lipinski definition) is 0. The van der Waals surface area contributed by atoms with Crippen molar-refractivity contribution in [2.24, 2.45) is 5.41 Å². The number of hydrogen-bond acceptors (Lipinski definition) is 3. The van der Waals surface area contributed by atoms with Crippen LogP contribution in [-0.4, -0.2) is 52.4 Å². The molecule has 25 heavy (non-hydrogen) atoms. The number of carbonyl (C=O) groups is 2. The average molecular weight is 363 g/mol. The smallest absolute Gasteiger partial charge is 0.256 e. The Balaban J connectivity index is 2.59. The van der Waals surface area contributed by atoms with E-state index in [2.05, 4.69) is 20.8 Å². The van der Waals surface area contributed by atoms with E-state index in [-0.39, 0.29) is 23.4 Å². The van der Waals surface area contributed by atoms with Crippen LogP contribution >= 0.6 is 11.8 Å². The lowest BCUT2D eigenvalue weighted by Gasteiger charge is -2.42. The number of nitrogens with zero attached hydrogens (tertiary/aromatic N) is 2. The molecule has 2 amide bonds. The molecule has 1 aliphatic rings. The predicted molar refractivity (Wildman–Crippen MR) is 105 cm³/mol. The molecule has 1 aliphatic heterocycles. The fourth-order valence-electron chi connectivity index (χ4n) is 3.94. The summed E-state index contributed by atoms with van der Waals surface area (Å²) in [5, 5.41) is 0. The lowest BCUT2D eigenvalue weighted by Crippen LogP contribution is -2.56. The molecule has 0 bridgehead atoms. The first kappa shape index (κ1) is 19.8. The maximum atomic E-state index is 13.5. The highest BCUT2D eigenvalue weighted by molar-refractivity contribution is 7.98. The van der Waals surface area contributed by atoms with Crippen LogP contribution in [0.1, 0.15) is 50.9 Å². The Bertz CT molecular complexity index is 626. The highest BCUT2D eigenvalue weighted by atomic mass is 32.2. The standard InChI is InChI=1S/C20H30N2O2S/c1-7-20(13-14-25-6)18(24)21(5)17(19(2,3)4)22(20)16(23)15-11-9-8-10-12-15/h8-12,17H,7,13-14H2,1-6H3/t17-,20+/m0/s1. The summed E-state index contributed by atoms with van der Waals surface area (Å²) in [6.45, 7) is 8.29. The van der Waals surface area contributed by atoms with E-state index >= 15 is 0 Å². The molecule has 5 heteroatoms. The first-order chi connectivity index (χ1) is 11.7. The van der Waals surface area contributed by atoms with E-state index in [9.17, 15) is 9.59 Å². The number of benzene rings is 1. The lowest BCUT2D eigenvalue weighted by molar-refractivity contribution is -0.133. The molecule has 0 aromatic heterocycles. The average Bonchev–Trinajstić information content (AvgIpc) is 2.81. The van der Waals surface area contributed by atoms with Gasteiger partial charge in [-0.3, -0.25) is 9.59 Å². The highest BCUT2D eigenvalue weighted by Crippen LogP contribution is 2.43. The van der Waals surface area contributed by atoms with Crippen molar-refractivity contribution >= 4 is 23.6 Å². The molecule has 1 aromatic rings. The summed E-state index contributed by atoms with van der Waals surface area (Å²) < 4.78 is 0. The molecular formula is C20H30N2O2S. The summed E-state index contributed by atoms with van der Waals surface area (Å²) in [5.74, 6) is 0.859. The normalized spacial score (nSPS) is 24.1. The van der Waals surface area contributed by atoms with Crippen molar-refractivity contribution in [3.05, 3.63) is 35.9 Å². The summed E-state index contributed by atoms with van der Waals surface area (Å²) in [4.78, 5) is 30.4. The third kappa shape index (κ3) is 3.43. The van der Waals surface area contributed by atoms with Crippen LogP contribution in [0, 0.1) is 5.41 Å². The van der Waals surface area contributed by atoms with Crippen molar-refractivity contribution in [3.63, 3.8) is 0 Å². The molecule has 138 valence electrons. The van der Waals surface area contributed by atoms with Gasteiger partial charge < -0.3 is 9.80 Å². The van der Waals surface area contributed by atoms with Crippen LogP contribution in [-0.2, 0) is 4.79 Å². The monoisotopic (exact) mass is 362 g/mol. The summed E-state index contributed by atoms with van der Waals surface area (Å²) >= 11 is 1.72. The second kappa shape index (κ2) is 7.40. The minimum Gasteiger partial charge on any atom is -0.323 e. The zero-order valence-electron chi connectivity index (χ0n) is 16.2. The predicted octanol–water partition coefficient (Wildman–Crippen LogP) is 3.87. The van der Waals surface area contributed by atoms with Gasteiger partial charge in [-0.1, -0.05) is 45.9 Å². The van der Waals surface area contributed by atoms with E-state index in [1.807, 2.05) is 55.5 Å². The summed E-state index contributed by atoms with van der Waals surface area (Å²) in [5.41, 5.74) is -0.352. The molecule has 1 heterocycles. The van der Waals surface area contributed by atoms with Crippen LogP contribution in [0.3, 0.4) is 0 Å². The Morgan fingerprint density at radius 3 is 2.32 bits per heavy atom. The Morgan fingerprint density at radius 1 is 1.24 bits per heavy atom. The zero-order valence-corrected chi connectivity index (χ0v) is 17.0. The molecule has 2 rings (SSSR count). The van der Waals surface area contributed by atoms with Gasteiger partial charge in [-0.15, -0.1) is 0 Å². The molecule has 0 spiro atoms. The Hall–Kier alpha value is -1.49. The zero-order chi connectivity index (χ0) is 18.8. The molecule has 0 unspecified atom stereocenters. The van der Waals surface area contributed by atoms with E-state index in [1.54, 1.807) is 16.7 Å². The molecule has 0 aliphatic carbocycles. The van der Waals surface area contributed by atoms with Crippen molar-refractivity contribution in [1.29, 1.82) is 0 Å². The number of rotatable bonds is 5. The van der Waals surface area contributed by atoms with Gasteiger partial charge in [0, 0.05) is 18.0 Å². The van der Waals surface area contributed by atoms with Gasteiger partial charge in [0.2, 0.25) is 5.91 Å². The highest BCUT2D eigenvalue weighted by Gasteiger charge is 2.59. The molecule has 2 atom stereocenters. The topological polar surface area (TPSA) is 40.6 Å². The van der Waals surface area contributed by atoms with Gasteiger partial charge in [-0.05, 0) is 37.0 Å². The van der Waals surface area contributed by atoms with Crippen LogP contribution in [0.2, 0.25) is 0 Å². The van der Waals surface area contributed by atoms with E-state index in [1.165, 1.54) is 0 Å². The SMILES string of the molecule is CC[C@@]1(CCSC)C(=O)N(C)[C@H](C(C)(C)C)N1C(=O)c1ccccc1. The van der Waals surface area contributed by atoms with E-state index in [0.29, 0.717) is 18.4 Å². The summed E-state index contributed by atoms with van der Waals surface area (Å²) in [6.07, 6.45) is 3.09. The molecule has 0 N–H and O–H groups in total. The van der Waals surface area contributed by atoms with Gasteiger partial charge in [0.25, 0.3) is 5.91 Å². The molecule has 1 fully saturated rings. The maximum Gasteiger partial charge on any atom is 0.256 e. The van der Waals surface area contributed by atoms with Crippen LogP contribution in [0.15, 0.2) is 30.3 Å². The Kier molecular flexibility index (Phi) is 5.87. The van der Waals surface area contributed by atoms with Crippen molar-refractivity contribution in [3.8, 4) is 0 Å². The number of thioether (sulfide) groups is 1. The quantitative estimate of drug-likeness (QED) is 0.798. The number of carbonyl (C=O) groups excluding carboxylic acids is 2. The Morgan fingerprint density at radius 2 is 1.84 bits per heavy atom. The molecule has 1 saturated heterocycles. The second-order valence-corrected chi connectivity index (χ2v) is 8.81. The molecular weight excluding hydrogens is 332 g/mol. The van der Waals surface area contributed by atoms with Crippen molar-refractivity contribution in [2.75, 3.05) is 19.1 Å². The summed E-state index contributed by atoms with van der Waals surface area (Å²) in [6, 6.07) is 9.31. The van der Waals surface area contributed by atoms with Crippen LogP contribution in [0.4, 0.5) is 0 Å². The van der Waals surface area contributed by atoms with Gasteiger partial charge in [-0.25, -0.2) is 0 Å². The lowest BCUT2D eigenvalue weighted by atomic mass is 9.87. The first-order valence-corrected chi connectivity index (χ1v) is 10.2. The van der Waals surface area contributed by atoms with E-state index in [0.717, 1.165) is 5.75 Å². The van der Waals surface area contributed by atoms with Gasteiger partial charge in [0.1, 0.15) is 11.7 Å². The molecule has 0 radical (unpaired) electrons. The number of likely N-dealkylation sites (N-methyl/N-ethyl adjacent to an activating group) is 1. The Labute approximate surface area is 156 Å². The van der Waals surface area contributed by atoms with Gasteiger partial charge >= 0.3 is 0 Å². The van der Waals surface area contributed by atoms with Crippen molar-refractivity contribution in [2.45, 2.75) is 52.2 Å². The molecule has 4 nitrogen and oxygen atoms in total. The summed E-state index contributed by atoms with van der Waals surface area (Å²) in [7, 11) is 1.83. The van der Waals surface area contributed by atoms with E-state index in [4.69, 9.17) is 0 Å². The van der Waals surface area contributed by atoms with Gasteiger partial charge in [-0.2, -0.15) is 11.8 Å². The van der Waals surface area contributed by atoms with Crippen molar-refractivity contribution in [1.82, 2.24) is 9.80 Å². The van der Waals surface area contributed by atoms with Gasteiger partial charge in [0.05, 0.1) is 0 Å². The van der Waals surface area contributed by atoms with Crippen LogP contribution in [0.5, 0.6) is 0 Å². The minimum atomic E-state index is -0.761. The van der Waals surface area contributed by atoms with Crippen LogP contribution < -0.4 is 0 Å². The second-order valence-electron chi connectivity index (χ2n) is 7.82. The number of amides is 2. The third-order valence-electron chi connectivity index (χ3n) is 5.11. The van der Waals surface area contributed by atoms with Gasteiger partial charge in [0.15, 0.2) is 0 Å². The molecule has 1 aromatic carbocycles.